The minimum atomic E-state index is 0.276. The van der Waals surface area contributed by atoms with Gasteiger partial charge in [-0.3, -0.25) is 0 Å². The second kappa shape index (κ2) is 3.20. The van der Waals surface area contributed by atoms with E-state index in [1.54, 1.807) is 0 Å². The fourth-order valence-electron chi connectivity index (χ4n) is 1.25. The van der Waals surface area contributed by atoms with E-state index in [1.165, 1.54) is 0 Å². The first-order valence-corrected chi connectivity index (χ1v) is 4.00. The summed E-state index contributed by atoms with van der Waals surface area (Å²) in [6.07, 6.45) is 0.964. The molecule has 1 aromatic rings. The number of aromatic nitrogens is 2. The normalized spacial score (nSPS) is 23.2. The fraction of sp³-hybridized carbons (Fsp3) is 0.714. The van der Waals surface area contributed by atoms with Crippen LogP contribution < -0.4 is 5.73 Å². The van der Waals surface area contributed by atoms with Gasteiger partial charge in [0, 0.05) is 6.61 Å². The number of hydrogen-bond acceptors (Lipinski definition) is 5. The Balaban J connectivity index is 2.11. The van der Waals surface area contributed by atoms with Gasteiger partial charge in [0.05, 0.1) is 19.1 Å². The Morgan fingerprint density at radius 3 is 3.08 bits per heavy atom. The molecule has 2 N–H and O–H groups in total. The molecule has 1 saturated heterocycles. The lowest BCUT2D eigenvalue weighted by Gasteiger charge is -1.96. The second-order valence-electron chi connectivity index (χ2n) is 2.81. The van der Waals surface area contributed by atoms with Crippen LogP contribution in [0.1, 0.15) is 24.1 Å². The molecule has 1 aromatic heterocycles. The van der Waals surface area contributed by atoms with Crippen LogP contribution in [0.4, 0.5) is 0 Å². The first kappa shape index (κ1) is 7.70. The number of rotatable bonds is 2. The van der Waals surface area contributed by atoms with Crippen LogP contribution >= 0.6 is 0 Å². The van der Waals surface area contributed by atoms with Gasteiger partial charge in [-0.25, -0.2) is 0 Å². The van der Waals surface area contributed by atoms with Gasteiger partial charge in [0.2, 0.25) is 5.89 Å². The molecule has 66 valence electrons. The third-order valence-electron chi connectivity index (χ3n) is 1.95. The average molecular weight is 169 g/mol. The Kier molecular flexibility index (Phi) is 2.05. The Morgan fingerprint density at radius 2 is 2.50 bits per heavy atom. The largest absolute Gasteiger partial charge is 0.381 e. The van der Waals surface area contributed by atoms with E-state index >= 15 is 0 Å². The van der Waals surface area contributed by atoms with Crippen LogP contribution in [-0.2, 0) is 11.3 Å². The van der Waals surface area contributed by atoms with Gasteiger partial charge in [0.15, 0.2) is 5.82 Å². The predicted molar refractivity (Wildman–Crippen MR) is 40.4 cm³/mol. The molecule has 0 saturated carbocycles. The van der Waals surface area contributed by atoms with Gasteiger partial charge in [0.25, 0.3) is 0 Å². The average Bonchev–Trinajstić information content (AvgIpc) is 2.75. The zero-order valence-electron chi connectivity index (χ0n) is 6.69. The summed E-state index contributed by atoms with van der Waals surface area (Å²) in [5.41, 5.74) is 5.35. The summed E-state index contributed by atoms with van der Waals surface area (Å²) in [4.78, 5) is 4.13. The Hall–Kier alpha value is -0.940. The molecule has 1 aliphatic rings. The van der Waals surface area contributed by atoms with Gasteiger partial charge >= 0.3 is 0 Å². The smallest absolute Gasteiger partial charge is 0.232 e. The minimum Gasteiger partial charge on any atom is -0.381 e. The van der Waals surface area contributed by atoms with Crippen LogP contribution in [-0.4, -0.2) is 23.4 Å². The van der Waals surface area contributed by atoms with Gasteiger partial charge in [-0.05, 0) is 6.42 Å². The van der Waals surface area contributed by atoms with Crippen molar-refractivity contribution in [2.75, 3.05) is 13.2 Å². The summed E-state index contributed by atoms with van der Waals surface area (Å²) in [5.74, 6) is 1.50. The number of hydrogen-bond donors (Lipinski definition) is 1. The van der Waals surface area contributed by atoms with Gasteiger partial charge in [-0.2, -0.15) is 4.98 Å². The van der Waals surface area contributed by atoms with E-state index in [1.807, 2.05) is 0 Å². The lowest BCUT2D eigenvalue weighted by Crippen LogP contribution is -2.01. The van der Waals surface area contributed by atoms with Gasteiger partial charge in [0.1, 0.15) is 0 Å². The van der Waals surface area contributed by atoms with E-state index in [0.29, 0.717) is 24.9 Å². The van der Waals surface area contributed by atoms with Gasteiger partial charge in [-0.1, -0.05) is 5.16 Å². The molecule has 2 heterocycles. The molecule has 1 atom stereocenters. The number of nitrogens with zero attached hydrogens (tertiary/aromatic N) is 2. The SMILES string of the molecule is NCc1noc(C2CCOC2)n1. The van der Waals surface area contributed by atoms with Gasteiger partial charge < -0.3 is 15.0 Å². The molecule has 2 rings (SSSR count). The maximum Gasteiger partial charge on any atom is 0.232 e. The predicted octanol–water partition coefficient (Wildman–Crippen LogP) is 0.0322. The highest BCUT2D eigenvalue weighted by Crippen LogP contribution is 2.23. The maximum atomic E-state index is 5.35. The first-order chi connectivity index (χ1) is 5.90. The molecule has 1 fully saturated rings. The van der Waals surface area contributed by atoms with E-state index in [2.05, 4.69) is 10.1 Å². The Morgan fingerprint density at radius 1 is 1.58 bits per heavy atom. The van der Waals surface area contributed by atoms with E-state index in [4.69, 9.17) is 15.0 Å². The van der Waals surface area contributed by atoms with Crippen molar-refractivity contribution in [3.63, 3.8) is 0 Å². The van der Waals surface area contributed by atoms with Crippen LogP contribution in [0, 0.1) is 0 Å². The monoisotopic (exact) mass is 169 g/mol. The van der Waals surface area contributed by atoms with E-state index in [9.17, 15) is 0 Å². The summed E-state index contributed by atoms with van der Waals surface area (Å²) in [6.45, 7) is 1.80. The molecular formula is C7H11N3O2. The van der Waals surface area contributed by atoms with Crippen molar-refractivity contribution in [2.45, 2.75) is 18.9 Å². The Labute approximate surface area is 69.9 Å². The topological polar surface area (TPSA) is 74.2 Å². The van der Waals surface area contributed by atoms with Crippen LogP contribution in [0.25, 0.3) is 0 Å². The van der Waals surface area contributed by atoms with E-state index in [-0.39, 0.29) is 5.92 Å². The van der Waals surface area contributed by atoms with E-state index in [0.717, 1.165) is 13.0 Å². The molecule has 0 bridgehead atoms. The molecular weight excluding hydrogens is 158 g/mol. The molecule has 5 nitrogen and oxygen atoms in total. The quantitative estimate of drug-likeness (QED) is 0.676. The zero-order valence-corrected chi connectivity index (χ0v) is 6.69. The van der Waals surface area contributed by atoms with Crippen molar-refractivity contribution in [1.29, 1.82) is 0 Å². The summed E-state index contributed by atoms with van der Waals surface area (Å²) < 4.78 is 10.2. The molecule has 1 unspecified atom stereocenters. The molecule has 5 heteroatoms. The van der Waals surface area contributed by atoms with Crippen LogP contribution in [0.3, 0.4) is 0 Å². The molecule has 1 aliphatic heterocycles. The lowest BCUT2D eigenvalue weighted by atomic mass is 10.1. The second-order valence-corrected chi connectivity index (χ2v) is 2.81. The minimum absolute atomic E-state index is 0.276. The van der Waals surface area contributed by atoms with Crippen LogP contribution in [0.2, 0.25) is 0 Å². The lowest BCUT2D eigenvalue weighted by molar-refractivity contribution is 0.189. The van der Waals surface area contributed by atoms with Crippen LogP contribution in [0.15, 0.2) is 4.52 Å². The first-order valence-electron chi connectivity index (χ1n) is 4.00. The zero-order chi connectivity index (χ0) is 8.39. The summed E-state index contributed by atoms with van der Waals surface area (Å²) in [7, 11) is 0. The Bertz CT molecular complexity index is 255. The molecule has 0 radical (unpaired) electrons. The summed E-state index contributed by atoms with van der Waals surface area (Å²) in [5, 5.41) is 3.71. The summed E-state index contributed by atoms with van der Waals surface area (Å²) >= 11 is 0. The maximum absolute atomic E-state index is 5.35. The van der Waals surface area contributed by atoms with Gasteiger partial charge in [-0.15, -0.1) is 0 Å². The highest BCUT2D eigenvalue weighted by Gasteiger charge is 2.23. The molecule has 12 heavy (non-hydrogen) atoms. The van der Waals surface area contributed by atoms with Crippen molar-refractivity contribution in [3.8, 4) is 0 Å². The highest BCUT2D eigenvalue weighted by molar-refractivity contribution is 4.95. The third kappa shape index (κ3) is 1.33. The molecule has 0 spiro atoms. The number of nitrogens with two attached hydrogens (primary N) is 1. The highest BCUT2D eigenvalue weighted by atomic mass is 16.5. The van der Waals surface area contributed by atoms with Crippen molar-refractivity contribution in [3.05, 3.63) is 11.7 Å². The third-order valence-corrected chi connectivity index (χ3v) is 1.95. The molecule has 0 amide bonds. The molecule has 0 aromatic carbocycles. The van der Waals surface area contributed by atoms with E-state index < -0.39 is 0 Å². The van der Waals surface area contributed by atoms with Crippen molar-refractivity contribution in [2.24, 2.45) is 5.73 Å². The summed E-state index contributed by atoms with van der Waals surface area (Å²) in [6, 6.07) is 0. The fourth-order valence-corrected chi connectivity index (χ4v) is 1.25. The molecule has 0 aliphatic carbocycles. The van der Waals surface area contributed by atoms with Crippen LogP contribution in [0.5, 0.6) is 0 Å². The number of ether oxygens (including phenoxy) is 1. The standard InChI is InChI=1S/C7H11N3O2/c8-3-6-9-7(12-10-6)5-1-2-11-4-5/h5H,1-4,8H2. The van der Waals surface area contributed by atoms with Crippen molar-refractivity contribution >= 4 is 0 Å². The van der Waals surface area contributed by atoms with Crippen molar-refractivity contribution < 1.29 is 9.26 Å². The van der Waals surface area contributed by atoms with Crippen molar-refractivity contribution in [1.82, 2.24) is 10.1 Å².